The largest absolute Gasteiger partial charge is 0.390 e. The number of ether oxygens (including phenoxy) is 1. The van der Waals surface area contributed by atoms with E-state index in [-0.39, 0.29) is 28.1 Å². The molecule has 6 aliphatic rings. The average molecular weight is 474 g/mol. The Morgan fingerprint density at radius 3 is 2.83 bits per heavy atom. The second kappa shape index (κ2) is 6.28. The van der Waals surface area contributed by atoms with Gasteiger partial charge in [0, 0.05) is 28.2 Å². The van der Waals surface area contributed by atoms with Gasteiger partial charge >= 0.3 is 0 Å². The zero-order valence-electron chi connectivity index (χ0n) is 20.8. The zero-order valence-corrected chi connectivity index (χ0v) is 20.8. The number of hydrogen-bond donors (Lipinski definition) is 3. The van der Waals surface area contributed by atoms with E-state index >= 15 is 0 Å². The number of aromatic amines is 1. The monoisotopic (exact) mass is 473 g/mol. The third-order valence-electron chi connectivity index (χ3n) is 11.4. The zero-order chi connectivity index (χ0) is 24.0. The summed E-state index contributed by atoms with van der Waals surface area (Å²) in [6.45, 7) is 2.45. The van der Waals surface area contributed by atoms with Crippen molar-refractivity contribution >= 4 is 16.5 Å². The van der Waals surface area contributed by atoms with Gasteiger partial charge in [-0.05, 0) is 87.4 Å². The van der Waals surface area contributed by atoms with Gasteiger partial charge in [-0.1, -0.05) is 25.1 Å². The first-order valence-electron chi connectivity index (χ1n) is 13.3. The maximum Gasteiger partial charge on any atom is 0.0961 e. The molecule has 35 heavy (non-hydrogen) atoms. The van der Waals surface area contributed by atoms with Crippen molar-refractivity contribution < 1.29 is 14.9 Å². The number of nitrogens with zero attached hydrogens (tertiary/aromatic N) is 2. The Hall–Kier alpha value is -1.99. The standard InChI is InChI=1S/C29H35N3O3/c1-26-9-8-19-20-13-28(20)25(34)24(33)22(32(2)3)14-27(28)10-11-29(19,35-27)23(26)7-5-18(26)16-4-6-21-17(12-16)15-30-31-21/h4-6,8,12,15,20,22-25,33-34H,7,9-11,13-14H2,1-3H3,(H,30,31). The van der Waals surface area contributed by atoms with E-state index in [9.17, 15) is 10.2 Å². The summed E-state index contributed by atoms with van der Waals surface area (Å²) in [6, 6.07) is 6.58. The first-order valence-corrected chi connectivity index (χ1v) is 13.3. The molecule has 2 aromatic rings. The molecule has 4 fully saturated rings. The molecule has 6 nitrogen and oxygen atoms in total. The van der Waals surface area contributed by atoms with Crippen LogP contribution in [0.1, 0.15) is 51.0 Å². The van der Waals surface area contributed by atoms with Crippen LogP contribution in [0.3, 0.4) is 0 Å². The molecule has 3 heterocycles. The Balaban J connectivity index is 1.22. The molecule has 9 atom stereocenters. The summed E-state index contributed by atoms with van der Waals surface area (Å²) in [5, 5.41) is 31.0. The van der Waals surface area contributed by atoms with Gasteiger partial charge in [-0.25, -0.2) is 0 Å². The third kappa shape index (κ3) is 2.22. The van der Waals surface area contributed by atoms with E-state index in [1.54, 1.807) is 0 Å². The van der Waals surface area contributed by atoms with Gasteiger partial charge in [0.15, 0.2) is 0 Å². The lowest BCUT2D eigenvalue weighted by Crippen LogP contribution is -2.67. The molecule has 2 saturated heterocycles. The number of hydrogen-bond acceptors (Lipinski definition) is 5. The summed E-state index contributed by atoms with van der Waals surface area (Å²) in [5.74, 6) is 0.757. The Bertz CT molecular complexity index is 1330. The Labute approximate surface area is 206 Å². The van der Waals surface area contributed by atoms with Gasteiger partial charge in [-0.2, -0.15) is 5.10 Å². The molecule has 2 bridgehead atoms. The molecule has 184 valence electrons. The number of benzene rings is 1. The highest BCUT2D eigenvalue weighted by Crippen LogP contribution is 2.81. The number of likely N-dealkylation sites (N-methyl/N-ethyl adjacent to an activating group) is 1. The number of aliphatic hydroxyl groups excluding tert-OH is 2. The highest BCUT2D eigenvalue weighted by atomic mass is 16.5. The number of rotatable bonds is 2. The van der Waals surface area contributed by atoms with E-state index in [0.717, 1.165) is 49.4 Å². The summed E-state index contributed by atoms with van der Waals surface area (Å²) < 4.78 is 7.43. The van der Waals surface area contributed by atoms with Crippen molar-refractivity contribution in [2.75, 3.05) is 14.1 Å². The van der Waals surface area contributed by atoms with Gasteiger partial charge in [-0.3, -0.25) is 5.10 Å². The van der Waals surface area contributed by atoms with Crippen LogP contribution in [0.2, 0.25) is 0 Å². The minimum atomic E-state index is -0.724. The normalized spacial score (nSPS) is 49.3. The summed E-state index contributed by atoms with van der Waals surface area (Å²) >= 11 is 0. The van der Waals surface area contributed by atoms with E-state index in [2.05, 4.69) is 52.4 Å². The molecule has 1 aromatic heterocycles. The molecule has 1 aromatic carbocycles. The molecule has 8 rings (SSSR count). The second-order valence-corrected chi connectivity index (χ2v) is 12.8. The van der Waals surface area contributed by atoms with E-state index in [1.165, 1.54) is 16.7 Å². The van der Waals surface area contributed by atoms with E-state index in [0.29, 0.717) is 11.8 Å². The van der Waals surface area contributed by atoms with Crippen molar-refractivity contribution in [1.82, 2.24) is 15.1 Å². The topological polar surface area (TPSA) is 81.6 Å². The molecule has 3 spiro atoms. The molecule has 4 aliphatic carbocycles. The molecule has 3 N–H and O–H groups in total. The summed E-state index contributed by atoms with van der Waals surface area (Å²) in [6.07, 6.45) is 11.2. The average Bonchev–Trinajstić information content (AvgIpc) is 3.11. The first kappa shape index (κ1) is 21.1. The fraction of sp³-hybridized carbons (Fsp3) is 0.621. The van der Waals surface area contributed by atoms with Gasteiger partial charge < -0.3 is 19.8 Å². The van der Waals surface area contributed by atoms with E-state index in [1.807, 2.05) is 20.3 Å². The Morgan fingerprint density at radius 1 is 1.14 bits per heavy atom. The first-order chi connectivity index (χ1) is 16.8. The van der Waals surface area contributed by atoms with Gasteiger partial charge in [0.2, 0.25) is 0 Å². The van der Waals surface area contributed by atoms with Crippen molar-refractivity contribution in [3.63, 3.8) is 0 Å². The number of nitrogens with one attached hydrogen (secondary N) is 1. The molecule has 2 saturated carbocycles. The van der Waals surface area contributed by atoms with Gasteiger partial charge in [0.1, 0.15) is 0 Å². The fourth-order valence-corrected chi connectivity index (χ4v) is 9.74. The van der Waals surface area contributed by atoms with Crippen LogP contribution < -0.4 is 0 Å². The van der Waals surface area contributed by atoms with E-state index in [4.69, 9.17) is 4.74 Å². The molecule has 6 heteroatoms. The lowest BCUT2D eigenvalue weighted by molar-refractivity contribution is -0.248. The summed E-state index contributed by atoms with van der Waals surface area (Å²) in [7, 11) is 4.03. The highest BCUT2D eigenvalue weighted by molar-refractivity contribution is 5.85. The predicted octanol–water partition coefficient (Wildman–Crippen LogP) is 3.67. The van der Waals surface area contributed by atoms with Gasteiger partial charge in [0.05, 0.1) is 35.1 Å². The second-order valence-electron chi connectivity index (χ2n) is 12.8. The quantitative estimate of drug-likeness (QED) is 0.580. The molecule has 0 radical (unpaired) electrons. The van der Waals surface area contributed by atoms with Crippen LogP contribution in [0, 0.1) is 22.7 Å². The Morgan fingerprint density at radius 2 is 2.00 bits per heavy atom. The number of fused-ring (bicyclic) bond motifs is 3. The number of allylic oxidation sites excluding steroid dienone is 3. The van der Waals surface area contributed by atoms with Gasteiger partial charge in [-0.15, -0.1) is 0 Å². The predicted molar refractivity (Wildman–Crippen MR) is 133 cm³/mol. The van der Waals surface area contributed by atoms with Crippen molar-refractivity contribution in [2.45, 2.75) is 74.9 Å². The van der Waals surface area contributed by atoms with Gasteiger partial charge in [0.25, 0.3) is 0 Å². The summed E-state index contributed by atoms with van der Waals surface area (Å²) in [4.78, 5) is 2.08. The number of H-pyrrole nitrogens is 1. The fourth-order valence-electron chi connectivity index (χ4n) is 9.74. The summed E-state index contributed by atoms with van der Waals surface area (Å²) in [5.41, 5.74) is 4.40. The van der Waals surface area contributed by atoms with Crippen molar-refractivity contribution in [1.29, 1.82) is 0 Å². The van der Waals surface area contributed by atoms with Crippen LogP contribution in [0.4, 0.5) is 0 Å². The van der Waals surface area contributed by atoms with Crippen LogP contribution in [0.15, 0.2) is 42.1 Å². The van der Waals surface area contributed by atoms with Crippen LogP contribution in [-0.4, -0.2) is 68.9 Å². The van der Waals surface area contributed by atoms with Crippen LogP contribution in [-0.2, 0) is 4.74 Å². The van der Waals surface area contributed by atoms with Crippen LogP contribution >= 0.6 is 0 Å². The molecule has 9 unspecified atom stereocenters. The molecular weight excluding hydrogens is 438 g/mol. The smallest absolute Gasteiger partial charge is 0.0961 e. The van der Waals surface area contributed by atoms with Crippen LogP contribution in [0.25, 0.3) is 16.5 Å². The minimum absolute atomic E-state index is 0.0229. The molecular formula is C29H35N3O3. The Kier molecular flexibility index (Phi) is 3.79. The SMILES string of the molecule is CN(C)C1CC23CCC4(O2)C(=CCC2(C)C(c5ccc6[nH]ncc6c5)=CCC24)C2CC23C(O)C1O. The lowest BCUT2D eigenvalue weighted by Gasteiger charge is -2.59. The van der Waals surface area contributed by atoms with Crippen molar-refractivity contribution in [3.05, 3.63) is 47.7 Å². The van der Waals surface area contributed by atoms with Crippen LogP contribution in [0.5, 0.6) is 0 Å². The van der Waals surface area contributed by atoms with Crippen molar-refractivity contribution in [2.24, 2.45) is 22.7 Å². The molecule has 0 amide bonds. The highest BCUT2D eigenvalue weighted by Gasteiger charge is 2.84. The minimum Gasteiger partial charge on any atom is -0.390 e. The molecule has 2 aliphatic heterocycles. The maximum atomic E-state index is 11.5. The van der Waals surface area contributed by atoms with Crippen molar-refractivity contribution in [3.8, 4) is 0 Å². The number of aliphatic hydroxyl groups is 2. The third-order valence-corrected chi connectivity index (χ3v) is 11.4. The number of aromatic nitrogens is 2. The lowest BCUT2D eigenvalue weighted by atomic mass is 9.57. The maximum absolute atomic E-state index is 11.5. The van der Waals surface area contributed by atoms with E-state index < -0.39 is 12.2 Å².